The largest absolute Gasteiger partial charge is 0.476 e. The number of carbonyl (C=O) groups excluding carboxylic acids is 1. The molecule has 128 valence electrons. The molecular weight excluding hydrogens is 325 g/mol. The molecule has 1 amide bonds. The van der Waals surface area contributed by atoms with Gasteiger partial charge >= 0.3 is 5.97 Å². The minimum Gasteiger partial charge on any atom is -0.476 e. The van der Waals surface area contributed by atoms with Gasteiger partial charge in [0.2, 0.25) is 0 Å². The Hall–Kier alpha value is -2.83. The Morgan fingerprint density at radius 3 is 2.44 bits per heavy atom. The van der Waals surface area contributed by atoms with Gasteiger partial charge < -0.3 is 10.0 Å². The molecule has 6 nitrogen and oxygen atoms in total. The highest BCUT2D eigenvalue weighted by Gasteiger charge is 2.48. The second-order valence-corrected chi connectivity index (χ2v) is 6.60. The molecule has 1 spiro atoms. The van der Waals surface area contributed by atoms with Crippen molar-refractivity contribution in [3.63, 3.8) is 0 Å². The summed E-state index contributed by atoms with van der Waals surface area (Å²) in [6.07, 6.45) is 5.96. The number of benzene rings is 1. The zero-order valence-electron chi connectivity index (χ0n) is 13.4. The Bertz CT molecular complexity index is 860. The zero-order valence-corrected chi connectivity index (χ0v) is 13.4. The van der Waals surface area contributed by atoms with Gasteiger partial charge in [0.15, 0.2) is 5.69 Å². The number of carboxylic acid groups (broad SMARTS) is 1. The van der Waals surface area contributed by atoms with Crippen molar-refractivity contribution in [3.8, 4) is 0 Å². The summed E-state index contributed by atoms with van der Waals surface area (Å²) in [7, 11) is 0. The standard InChI is InChI=1S/C18H16FN3O3/c19-11-4-3-5-14-15(11)18(6-1-2-7-18)10-22(14)16(23)12-8-21-13(9-20-12)17(24)25/h3-5,8-9H,1-2,6-7,10H2,(H,24,25). The van der Waals surface area contributed by atoms with Gasteiger partial charge in [0, 0.05) is 17.5 Å². The molecule has 1 aromatic heterocycles. The van der Waals surface area contributed by atoms with Gasteiger partial charge in [-0.25, -0.2) is 19.2 Å². The van der Waals surface area contributed by atoms with Crippen molar-refractivity contribution >= 4 is 17.6 Å². The third-order valence-electron chi connectivity index (χ3n) is 5.17. The van der Waals surface area contributed by atoms with Gasteiger partial charge in [0.05, 0.1) is 18.1 Å². The fraction of sp³-hybridized carbons (Fsp3) is 0.333. The lowest BCUT2D eigenvalue weighted by molar-refractivity contribution is 0.0689. The molecule has 1 saturated carbocycles. The maximum absolute atomic E-state index is 14.5. The van der Waals surface area contributed by atoms with Crippen LogP contribution in [0.5, 0.6) is 0 Å². The first-order valence-electron chi connectivity index (χ1n) is 8.18. The van der Waals surface area contributed by atoms with Crippen LogP contribution in [-0.2, 0) is 5.41 Å². The molecule has 1 aliphatic heterocycles. The van der Waals surface area contributed by atoms with Crippen molar-refractivity contribution in [2.24, 2.45) is 0 Å². The van der Waals surface area contributed by atoms with Crippen LogP contribution in [-0.4, -0.2) is 33.5 Å². The molecule has 2 aliphatic rings. The molecule has 4 rings (SSSR count). The van der Waals surface area contributed by atoms with Gasteiger partial charge in [-0.05, 0) is 25.0 Å². The predicted molar refractivity (Wildman–Crippen MR) is 87.2 cm³/mol. The summed E-state index contributed by atoms with van der Waals surface area (Å²) >= 11 is 0. The summed E-state index contributed by atoms with van der Waals surface area (Å²) in [6, 6.07) is 4.79. The molecule has 1 fully saturated rings. The third kappa shape index (κ3) is 2.38. The van der Waals surface area contributed by atoms with Gasteiger partial charge in [-0.2, -0.15) is 0 Å². The number of rotatable bonds is 2. The number of nitrogens with zero attached hydrogens (tertiary/aromatic N) is 3. The Morgan fingerprint density at radius 2 is 1.80 bits per heavy atom. The summed E-state index contributed by atoms with van der Waals surface area (Å²) in [5, 5.41) is 8.89. The average Bonchev–Trinajstić information content (AvgIpc) is 3.21. The number of anilines is 1. The van der Waals surface area contributed by atoms with E-state index in [1.165, 1.54) is 6.07 Å². The second kappa shape index (κ2) is 5.61. The summed E-state index contributed by atoms with van der Waals surface area (Å²) in [5.41, 5.74) is 0.698. The predicted octanol–water partition coefficient (Wildman–Crippen LogP) is 2.79. The van der Waals surface area contributed by atoms with Crippen LogP contribution in [0.4, 0.5) is 10.1 Å². The summed E-state index contributed by atoms with van der Waals surface area (Å²) < 4.78 is 14.5. The van der Waals surface area contributed by atoms with E-state index < -0.39 is 5.97 Å². The van der Waals surface area contributed by atoms with E-state index >= 15 is 0 Å². The number of carboxylic acids is 1. The van der Waals surface area contributed by atoms with Crippen molar-refractivity contribution in [1.29, 1.82) is 0 Å². The second-order valence-electron chi connectivity index (χ2n) is 6.60. The highest BCUT2D eigenvalue weighted by atomic mass is 19.1. The van der Waals surface area contributed by atoms with Gasteiger partial charge in [0.25, 0.3) is 5.91 Å². The van der Waals surface area contributed by atoms with Gasteiger partial charge in [-0.3, -0.25) is 4.79 Å². The van der Waals surface area contributed by atoms with Crippen molar-refractivity contribution in [2.45, 2.75) is 31.1 Å². The molecule has 0 unspecified atom stereocenters. The molecule has 25 heavy (non-hydrogen) atoms. The number of hydrogen-bond donors (Lipinski definition) is 1. The molecule has 0 atom stereocenters. The van der Waals surface area contributed by atoms with E-state index in [4.69, 9.17) is 5.11 Å². The molecule has 7 heteroatoms. The lowest BCUT2D eigenvalue weighted by Gasteiger charge is -2.24. The Kier molecular flexibility index (Phi) is 3.52. The molecule has 0 radical (unpaired) electrons. The third-order valence-corrected chi connectivity index (χ3v) is 5.17. The smallest absolute Gasteiger partial charge is 0.356 e. The number of hydrogen-bond acceptors (Lipinski definition) is 4. The SMILES string of the molecule is O=C(O)c1cnc(C(=O)N2CC3(CCCC3)c3c(F)cccc32)cn1. The average molecular weight is 341 g/mol. The molecule has 2 heterocycles. The first-order valence-corrected chi connectivity index (χ1v) is 8.18. The quantitative estimate of drug-likeness (QED) is 0.908. The van der Waals surface area contributed by atoms with E-state index in [0.717, 1.165) is 38.1 Å². The summed E-state index contributed by atoms with van der Waals surface area (Å²) in [6.45, 7) is 0.421. The van der Waals surface area contributed by atoms with Gasteiger partial charge in [-0.1, -0.05) is 18.9 Å². The van der Waals surface area contributed by atoms with Crippen molar-refractivity contribution in [3.05, 3.63) is 53.4 Å². The molecule has 0 bridgehead atoms. The highest BCUT2D eigenvalue weighted by Crippen LogP contribution is 2.51. The number of aromatic carboxylic acids is 1. The molecular formula is C18H16FN3O3. The number of amides is 1. The Labute approximate surface area is 143 Å². The minimum atomic E-state index is -1.20. The van der Waals surface area contributed by atoms with E-state index in [0.29, 0.717) is 17.8 Å². The number of carbonyl (C=O) groups is 2. The lowest BCUT2D eigenvalue weighted by atomic mass is 9.80. The topological polar surface area (TPSA) is 83.4 Å². The molecule has 0 saturated heterocycles. The van der Waals surface area contributed by atoms with Crippen molar-refractivity contribution in [1.82, 2.24) is 9.97 Å². The Morgan fingerprint density at radius 1 is 1.12 bits per heavy atom. The fourth-order valence-corrected chi connectivity index (χ4v) is 4.06. The monoisotopic (exact) mass is 341 g/mol. The van der Waals surface area contributed by atoms with Crippen molar-refractivity contribution < 1.29 is 19.1 Å². The fourth-order valence-electron chi connectivity index (χ4n) is 4.06. The minimum absolute atomic E-state index is 0.0512. The van der Waals surface area contributed by atoms with Gasteiger partial charge in [-0.15, -0.1) is 0 Å². The van der Waals surface area contributed by atoms with Crippen LogP contribution < -0.4 is 4.90 Å². The van der Waals surface area contributed by atoms with E-state index in [1.807, 2.05) is 0 Å². The van der Waals surface area contributed by atoms with Crippen LogP contribution in [0.2, 0.25) is 0 Å². The number of halogens is 1. The highest BCUT2D eigenvalue weighted by molar-refractivity contribution is 6.06. The lowest BCUT2D eigenvalue weighted by Crippen LogP contribution is -2.36. The van der Waals surface area contributed by atoms with Crippen LogP contribution >= 0.6 is 0 Å². The molecule has 1 aromatic carbocycles. The van der Waals surface area contributed by atoms with E-state index in [1.54, 1.807) is 17.0 Å². The maximum atomic E-state index is 14.5. The van der Waals surface area contributed by atoms with E-state index in [-0.39, 0.29) is 28.5 Å². The van der Waals surface area contributed by atoms with E-state index in [9.17, 15) is 14.0 Å². The molecule has 2 aromatic rings. The summed E-state index contributed by atoms with van der Waals surface area (Å²) in [5.74, 6) is -1.87. The van der Waals surface area contributed by atoms with Crippen LogP contribution in [0, 0.1) is 5.82 Å². The van der Waals surface area contributed by atoms with Crippen molar-refractivity contribution in [2.75, 3.05) is 11.4 Å². The first kappa shape index (κ1) is 15.7. The van der Waals surface area contributed by atoms with Crippen LogP contribution in [0.1, 0.15) is 52.2 Å². The van der Waals surface area contributed by atoms with Crippen LogP contribution in [0.25, 0.3) is 0 Å². The van der Waals surface area contributed by atoms with Gasteiger partial charge in [0.1, 0.15) is 11.5 Å². The first-order chi connectivity index (χ1) is 12.0. The maximum Gasteiger partial charge on any atom is 0.356 e. The number of aromatic nitrogens is 2. The number of fused-ring (bicyclic) bond motifs is 2. The molecule has 1 N–H and O–H groups in total. The van der Waals surface area contributed by atoms with E-state index in [2.05, 4.69) is 9.97 Å². The zero-order chi connectivity index (χ0) is 17.6. The Balaban J connectivity index is 1.73. The summed E-state index contributed by atoms with van der Waals surface area (Å²) in [4.78, 5) is 33.0. The van der Waals surface area contributed by atoms with Crippen LogP contribution in [0.15, 0.2) is 30.6 Å². The van der Waals surface area contributed by atoms with Crippen LogP contribution in [0.3, 0.4) is 0 Å². The molecule has 1 aliphatic carbocycles. The normalized spacial score (nSPS) is 17.7.